The van der Waals surface area contributed by atoms with E-state index < -0.39 is 0 Å². The molecule has 144 valence electrons. The number of aromatic amines is 1. The van der Waals surface area contributed by atoms with Crippen LogP contribution in [0.5, 0.6) is 0 Å². The van der Waals surface area contributed by atoms with Crippen molar-refractivity contribution < 1.29 is 9.59 Å². The van der Waals surface area contributed by atoms with Gasteiger partial charge >= 0.3 is 0 Å². The Balaban J connectivity index is 1.63. The molecule has 4 rings (SSSR count). The van der Waals surface area contributed by atoms with E-state index in [1.165, 1.54) is 6.92 Å². The lowest BCUT2D eigenvalue weighted by molar-refractivity contribution is -0.119. The van der Waals surface area contributed by atoms with E-state index >= 15 is 0 Å². The number of hydrogen-bond acceptors (Lipinski definition) is 5. The second-order valence-corrected chi connectivity index (χ2v) is 6.89. The molecule has 1 aliphatic rings. The van der Waals surface area contributed by atoms with Crippen LogP contribution in [0.3, 0.4) is 0 Å². The molecule has 2 N–H and O–H groups in total. The Morgan fingerprint density at radius 1 is 1.21 bits per heavy atom. The van der Waals surface area contributed by atoms with Gasteiger partial charge in [0.25, 0.3) is 5.91 Å². The molecule has 0 aliphatic carbocycles. The van der Waals surface area contributed by atoms with Gasteiger partial charge in [0.2, 0.25) is 5.91 Å². The highest BCUT2D eigenvalue weighted by Crippen LogP contribution is 2.32. The van der Waals surface area contributed by atoms with Crippen molar-refractivity contribution in [1.29, 1.82) is 0 Å². The summed E-state index contributed by atoms with van der Waals surface area (Å²) in [6, 6.07) is 10.8. The number of H-pyrrole nitrogens is 1. The van der Waals surface area contributed by atoms with Crippen LogP contribution in [0, 0.1) is 0 Å². The number of hydrogen-bond donors (Lipinski definition) is 2. The zero-order chi connectivity index (χ0) is 19.7. The maximum atomic E-state index is 13.0. The van der Waals surface area contributed by atoms with Crippen molar-refractivity contribution in [2.75, 3.05) is 6.54 Å². The molecular weight excluding hydrogens is 358 g/mol. The van der Waals surface area contributed by atoms with Crippen molar-refractivity contribution in [3.63, 3.8) is 0 Å². The Hall–Kier alpha value is -3.49. The number of likely N-dealkylation sites (tertiary alicyclic amines) is 1. The van der Waals surface area contributed by atoms with Gasteiger partial charge in [0.15, 0.2) is 5.82 Å². The lowest BCUT2D eigenvalue weighted by atomic mass is 10.1. The molecule has 2 atom stereocenters. The van der Waals surface area contributed by atoms with E-state index in [2.05, 4.69) is 25.6 Å². The van der Waals surface area contributed by atoms with Crippen LogP contribution in [0.1, 0.15) is 35.7 Å². The smallest absolute Gasteiger partial charge is 0.275 e. The first-order chi connectivity index (χ1) is 13.5. The van der Waals surface area contributed by atoms with E-state index in [-0.39, 0.29) is 23.9 Å². The molecule has 0 radical (unpaired) electrons. The van der Waals surface area contributed by atoms with Crippen LogP contribution in [0.25, 0.3) is 11.4 Å². The van der Waals surface area contributed by atoms with Crippen LogP contribution in [0.2, 0.25) is 0 Å². The third kappa shape index (κ3) is 3.51. The zero-order valence-electron chi connectivity index (χ0n) is 15.7. The van der Waals surface area contributed by atoms with Gasteiger partial charge < -0.3 is 10.2 Å². The number of carbonyl (C=O) groups is 2. The molecule has 1 saturated heterocycles. The monoisotopic (exact) mass is 379 g/mol. The summed E-state index contributed by atoms with van der Waals surface area (Å²) in [4.78, 5) is 30.8. The maximum Gasteiger partial charge on any atom is 0.275 e. The molecule has 0 unspecified atom stereocenters. The van der Waals surface area contributed by atoms with Crippen LogP contribution in [0.15, 0.2) is 42.6 Å². The first-order valence-corrected chi connectivity index (χ1v) is 9.06. The molecule has 1 aliphatic heterocycles. The third-order valence-corrected chi connectivity index (χ3v) is 4.75. The van der Waals surface area contributed by atoms with Gasteiger partial charge in [-0.2, -0.15) is 10.2 Å². The van der Waals surface area contributed by atoms with E-state index in [9.17, 15) is 9.59 Å². The minimum atomic E-state index is -0.323. The fourth-order valence-corrected chi connectivity index (χ4v) is 3.53. The molecule has 2 amide bonds. The first kappa shape index (κ1) is 17.9. The van der Waals surface area contributed by atoms with Gasteiger partial charge in [-0.05, 0) is 12.5 Å². The molecule has 9 heteroatoms. The van der Waals surface area contributed by atoms with Gasteiger partial charge in [-0.15, -0.1) is 0 Å². The number of carbonyl (C=O) groups excluding carboxylic acids is 2. The van der Waals surface area contributed by atoms with Gasteiger partial charge in [0, 0.05) is 38.3 Å². The predicted octanol–water partition coefficient (Wildman–Crippen LogP) is 1.30. The number of aryl methyl sites for hydroxylation is 1. The molecule has 9 nitrogen and oxygen atoms in total. The molecule has 0 bridgehead atoms. The van der Waals surface area contributed by atoms with Crippen LogP contribution in [-0.2, 0) is 11.8 Å². The standard InChI is InChI=1S/C19H21N7O2/c1-12(27)20-14-10-16(26(11-14)19(28)15-8-9-25(2)24-15)18-21-17(22-23-18)13-6-4-3-5-7-13/h3-9,14,16H,10-11H2,1-2H3,(H,20,27)(H,21,22,23)/t14-,16-/m0/s1. The van der Waals surface area contributed by atoms with Crippen molar-refractivity contribution in [2.24, 2.45) is 7.05 Å². The fourth-order valence-electron chi connectivity index (χ4n) is 3.53. The van der Waals surface area contributed by atoms with Crippen molar-refractivity contribution in [3.05, 3.63) is 54.1 Å². The van der Waals surface area contributed by atoms with Crippen LogP contribution >= 0.6 is 0 Å². The molecule has 3 heterocycles. The molecule has 0 saturated carbocycles. The summed E-state index contributed by atoms with van der Waals surface area (Å²) in [5.74, 6) is 0.842. The van der Waals surface area contributed by atoms with Gasteiger partial charge in [-0.25, -0.2) is 4.98 Å². The van der Waals surface area contributed by atoms with Crippen LogP contribution < -0.4 is 5.32 Å². The minimum Gasteiger partial charge on any atom is -0.352 e. The largest absolute Gasteiger partial charge is 0.352 e. The van der Waals surface area contributed by atoms with Crippen LogP contribution in [-0.4, -0.2) is 54.3 Å². The van der Waals surface area contributed by atoms with Crippen molar-refractivity contribution in [2.45, 2.75) is 25.4 Å². The van der Waals surface area contributed by atoms with E-state index in [0.717, 1.165) is 5.56 Å². The van der Waals surface area contributed by atoms with Crippen molar-refractivity contribution >= 4 is 11.8 Å². The second-order valence-electron chi connectivity index (χ2n) is 6.89. The summed E-state index contributed by atoms with van der Waals surface area (Å²) in [6.07, 6.45) is 2.28. The lowest BCUT2D eigenvalue weighted by Gasteiger charge is -2.21. The Bertz CT molecular complexity index is 995. The maximum absolute atomic E-state index is 13.0. The minimum absolute atomic E-state index is 0.126. The molecule has 28 heavy (non-hydrogen) atoms. The molecule has 2 aromatic heterocycles. The molecule has 1 fully saturated rings. The number of nitrogens with zero attached hydrogens (tertiary/aromatic N) is 5. The van der Waals surface area contributed by atoms with Gasteiger partial charge in [-0.3, -0.25) is 19.4 Å². The Labute approximate surface area is 161 Å². The molecule has 1 aromatic carbocycles. The Morgan fingerprint density at radius 3 is 2.68 bits per heavy atom. The zero-order valence-corrected chi connectivity index (χ0v) is 15.7. The highest BCUT2D eigenvalue weighted by molar-refractivity contribution is 5.92. The van der Waals surface area contributed by atoms with E-state index in [4.69, 9.17) is 0 Å². The number of rotatable bonds is 4. The molecule has 3 aromatic rings. The van der Waals surface area contributed by atoms with Gasteiger partial charge in [0.1, 0.15) is 11.5 Å². The second kappa shape index (κ2) is 7.26. The van der Waals surface area contributed by atoms with E-state index in [1.807, 2.05) is 30.3 Å². The summed E-state index contributed by atoms with van der Waals surface area (Å²) in [5.41, 5.74) is 1.25. The quantitative estimate of drug-likeness (QED) is 0.710. The Morgan fingerprint density at radius 2 is 2.00 bits per heavy atom. The van der Waals surface area contributed by atoms with E-state index in [1.54, 1.807) is 28.9 Å². The highest BCUT2D eigenvalue weighted by Gasteiger charge is 2.39. The average molecular weight is 379 g/mol. The SMILES string of the molecule is CC(=O)N[C@H]1C[C@@H](c2nc(-c3ccccc3)n[nH]2)N(C(=O)c2ccn(C)n2)C1. The van der Waals surface area contributed by atoms with Crippen molar-refractivity contribution in [1.82, 2.24) is 35.2 Å². The topological polar surface area (TPSA) is 109 Å². The number of benzene rings is 1. The highest BCUT2D eigenvalue weighted by atomic mass is 16.2. The number of nitrogens with one attached hydrogen (secondary N) is 2. The Kier molecular flexibility index (Phi) is 4.64. The average Bonchev–Trinajstić information content (AvgIpc) is 3.40. The summed E-state index contributed by atoms with van der Waals surface area (Å²) in [5, 5.41) is 14.4. The summed E-state index contributed by atoms with van der Waals surface area (Å²) in [7, 11) is 1.76. The normalized spacial score (nSPS) is 19.0. The van der Waals surface area contributed by atoms with Gasteiger partial charge in [0.05, 0.1) is 6.04 Å². The first-order valence-electron chi connectivity index (χ1n) is 9.06. The lowest BCUT2D eigenvalue weighted by Crippen LogP contribution is -2.37. The van der Waals surface area contributed by atoms with Crippen LogP contribution in [0.4, 0.5) is 0 Å². The van der Waals surface area contributed by atoms with Crippen molar-refractivity contribution in [3.8, 4) is 11.4 Å². The molecular formula is C19H21N7O2. The predicted molar refractivity (Wildman–Crippen MR) is 101 cm³/mol. The van der Waals surface area contributed by atoms with E-state index in [0.29, 0.717) is 30.3 Å². The summed E-state index contributed by atoms with van der Waals surface area (Å²) in [6.45, 7) is 1.86. The molecule has 0 spiro atoms. The van der Waals surface area contributed by atoms with Gasteiger partial charge in [-0.1, -0.05) is 30.3 Å². The number of aromatic nitrogens is 5. The number of amides is 2. The summed E-state index contributed by atoms with van der Waals surface area (Å²) >= 11 is 0. The third-order valence-electron chi connectivity index (χ3n) is 4.75. The summed E-state index contributed by atoms with van der Waals surface area (Å²) < 4.78 is 1.59. The fraction of sp³-hybridized carbons (Fsp3) is 0.316.